The van der Waals surface area contributed by atoms with Gasteiger partial charge in [0.1, 0.15) is 11.9 Å². The molecule has 0 bridgehead atoms. The summed E-state index contributed by atoms with van der Waals surface area (Å²) in [6.07, 6.45) is 1.05. The third-order valence-corrected chi connectivity index (χ3v) is 3.74. The highest BCUT2D eigenvalue weighted by Crippen LogP contribution is 2.28. The minimum atomic E-state index is -1.26. The van der Waals surface area contributed by atoms with Crippen LogP contribution in [0.1, 0.15) is 17.2 Å². The van der Waals surface area contributed by atoms with Crippen molar-refractivity contribution in [1.29, 1.82) is 0 Å². The zero-order valence-electron chi connectivity index (χ0n) is 14.6. The van der Waals surface area contributed by atoms with E-state index >= 15 is 0 Å². The number of nitro groups is 1. The fraction of sp³-hybridized carbons (Fsp3) is 0.158. The second-order valence-electron chi connectivity index (χ2n) is 5.70. The smallest absolute Gasteiger partial charge is 0.328 e. The second-order valence-corrected chi connectivity index (χ2v) is 5.70. The van der Waals surface area contributed by atoms with Gasteiger partial charge in [-0.2, -0.15) is 0 Å². The van der Waals surface area contributed by atoms with Gasteiger partial charge in [-0.25, -0.2) is 9.59 Å². The summed E-state index contributed by atoms with van der Waals surface area (Å²) in [6.45, 7) is 1.57. The Morgan fingerprint density at radius 2 is 1.68 bits per heavy atom. The van der Waals surface area contributed by atoms with Gasteiger partial charge in [0.2, 0.25) is 0 Å². The van der Waals surface area contributed by atoms with Gasteiger partial charge in [-0.3, -0.25) is 10.1 Å². The van der Waals surface area contributed by atoms with E-state index < -0.39 is 16.9 Å². The highest BCUT2D eigenvalue weighted by Gasteiger charge is 2.21. The molecule has 0 aliphatic carbocycles. The molecule has 9 nitrogen and oxygen atoms in total. The molecule has 2 aromatic rings. The lowest BCUT2D eigenvalue weighted by Crippen LogP contribution is -2.31. The van der Waals surface area contributed by atoms with E-state index in [1.54, 1.807) is 12.1 Å². The van der Waals surface area contributed by atoms with E-state index in [1.165, 1.54) is 23.3 Å². The second kappa shape index (κ2) is 9.83. The number of nitrogens with zero attached hydrogens (tertiary/aromatic N) is 1. The molecule has 9 heteroatoms. The molecule has 1 aliphatic rings. The van der Waals surface area contributed by atoms with Gasteiger partial charge >= 0.3 is 11.9 Å². The molecule has 28 heavy (non-hydrogen) atoms. The van der Waals surface area contributed by atoms with Crippen LogP contribution in [0.2, 0.25) is 0 Å². The summed E-state index contributed by atoms with van der Waals surface area (Å²) in [7, 11) is 0. The SMILES string of the molecule is O=C(O)/C=C\C(=O)O.O=[N+]([O-])c1ccc(OC2CNCc3ccccc32)cc1. The number of hydrogen-bond acceptors (Lipinski definition) is 6. The molecule has 0 spiro atoms. The molecular formula is C19H18N2O7. The molecule has 1 aliphatic heterocycles. The van der Waals surface area contributed by atoms with Gasteiger partial charge in [-0.15, -0.1) is 0 Å². The predicted molar refractivity (Wildman–Crippen MR) is 99.0 cm³/mol. The number of fused-ring (bicyclic) bond motifs is 1. The van der Waals surface area contributed by atoms with Gasteiger partial charge in [0.05, 0.1) is 4.92 Å². The molecule has 0 fully saturated rings. The molecule has 146 valence electrons. The first-order chi connectivity index (χ1) is 13.4. The summed E-state index contributed by atoms with van der Waals surface area (Å²) in [5.74, 6) is -1.88. The first-order valence-electron chi connectivity index (χ1n) is 8.20. The normalized spacial score (nSPS) is 15.1. The predicted octanol–water partition coefficient (Wildman–Crippen LogP) is 2.53. The number of nitrogens with one attached hydrogen (secondary N) is 1. The van der Waals surface area contributed by atoms with E-state index in [1.807, 2.05) is 12.1 Å². The van der Waals surface area contributed by atoms with E-state index in [2.05, 4.69) is 17.4 Å². The van der Waals surface area contributed by atoms with Gasteiger partial charge in [0.15, 0.2) is 0 Å². The lowest BCUT2D eigenvalue weighted by molar-refractivity contribution is -0.384. The molecule has 3 rings (SSSR count). The quantitative estimate of drug-likeness (QED) is 0.405. The minimum absolute atomic E-state index is 0.0681. The van der Waals surface area contributed by atoms with E-state index in [0.717, 1.165) is 13.1 Å². The Hall–Kier alpha value is -3.72. The number of carboxylic acid groups (broad SMARTS) is 2. The van der Waals surface area contributed by atoms with Crippen LogP contribution in [0.15, 0.2) is 60.7 Å². The van der Waals surface area contributed by atoms with Crippen molar-refractivity contribution in [1.82, 2.24) is 5.32 Å². The number of benzene rings is 2. The highest BCUT2D eigenvalue weighted by molar-refractivity contribution is 5.89. The first kappa shape index (κ1) is 20.6. The molecule has 3 N–H and O–H groups in total. The van der Waals surface area contributed by atoms with Crippen LogP contribution < -0.4 is 10.1 Å². The highest BCUT2D eigenvalue weighted by atomic mass is 16.6. The number of non-ortho nitro benzene ring substituents is 1. The maximum Gasteiger partial charge on any atom is 0.328 e. The number of rotatable bonds is 5. The van der Waals surface area contributed by atoms with Crippen LogP contribution in [-0.4, -0.2) is 33.6 Å². The maximum atomic E-state index is 10.6. The summed E-state index contributed by atoms with van der Waals surface area (Å²) in [5, 5.41) is 29.6. The van der Waals surface area contributed by atoms with Crippen molar-refractivity contribution in [2.45, 2.75) is 12.6 Å². The molecule has 0 saturated heterocycles. The zero-order valence-corrected chi connectivity index (χ0v) is 14.6. The Morgan fingerprint density at radius 1 is 1.07 bits per heavy atom. The average molecular weight is 386 g/mol. The van der Waals surface area contributed by atoms with Crippen LogP contribution in [0.5, 0.6) is 5.75 Å². The largest absolute Gasteiger partial charge is 0.484 e. The van der Waals surface area contributed by atoms with Crippen LogP contribution in [-0.2, 0) is 16.1 Å². The molecule has 1 unspecified atom stereocenters. The molecule has 1 atom stereocenters. The number of hydrogen-bond donors (Lipinski definition) is 3. The van der Waals surface area contributed by atoms with Gasteiger partial charge < -0.3 is 20.3 Å². The van der Waals surface area contributed by atoms with E-state index in [4.69, 9.17) is 14.9 Å². The third-order valence-electron chi connectivity index (χ3n) is 3.74. The Bertz CT molecular complexity index is 862. The Morgan fingerprint density at radius 3 is 2.25 bits per heavy atom. The molecule has 0 saturated carbocycles. The lowest BCUT2D eigenvalue weighted by atomic mass is 9.99. The fourth-order valence-electron chi connectivity index (χ4n) is 2.52. The monoisotopic (exact) mass is 386 g/mol. The van der Waals surface area contributed by atoms with E-state index in [9.17, 15) is 19.7 Å². The van der Waals surface area contributed by atoms with Gasteiger partial charge in [-0.1, -0.05) is 24.3 Å². The Balaban J connectivity index is 0.000000300. The van der Waals surface area contributed by atoms with Crippen molar-refractivity contribution in [2.75, 3.05) is 6.54 Å². The fourth-order valence-corrected chi connectivity index (χ4v) is 2.52. The topological polar surface area (TPSA) is 139 Å². The summed E-state index contributed by atoms with van der Waals surface area (Å²) >= 11 is 0. The summed E-state index contributed by atoms with van der Waals surface area (Å²) in [5.41, 5.74) is 2.47. The molecule has 2 aromatic carbocycles. The molecular weight excluding hydrogens is 368 g/mol. The van der Waals surface area contributed by atoms with Crippen LogP contribution in [0, 0.1) is 10.1 Å². The van der Waals surface area contributed by atoms with Crippen LogP contribution in [0.3, 0.4) is 0 Å². The summed E-state index contributed by atoms with van der Waals surface area (Å²) < 4.78 is 5.93. The first-order valence-corrected chi connectivity index (χ1v) is 8.20. The van der Waals surface area contributed by atoms with Gasteiger partial charge in [-0.05, 0) is 23.3 Å². The summed E-state index contributed by atoms with van der Waals surface area (Å²) in [4.78, 5) is 29.3. The number of carboxylic acids is 2. The van der Waals surface area contributed by atoms with Crippen molar-refractivity contribution in [3.05, 3.63) is 81.9 Å². The van der Waals surface area contributed by atoms with Gasteiger partial charge in [0, 0.05) is 37.4 Å². The number of carbonyl (C=O) groups is 2. The Labute approximate surface area is 160 Å². The minimum Gasteiger partial charge on any atom is -0.484 e. The molecule has 0 radical (unpaired) electrons. The average Bonchev–Trinajstić information content (AvgIpc) is 2.68. The van der Waals surface area contributed by atoms with Crippen molar-refractivity contribution >= 4 is 17.6 Å². The maximum absolute atomic E-state index is 10.6. The number of nitro benzene ring substituents is 1. The van der Waals surface area contributed by atoms with Gasteiger partial charge in [0.25, 0.3) is 5.69 Å². The molecule has 1 heterocycles. The lowest BCUT2D eigenvalue weighted by Gasteiger charge is -2.27. The van der Waals surface area contributed by atoms with E-state index in [-0.39, 0.29) is 11.8 Å². The van der Waals surface area contributed by atoms with E-state index in [0.29, 0.717) is 17.9 Å². The Kier molecular flexibility index (Phi) is 7.23. The third kappa shape index (κ3) is 6.22. The van der Waals surface area contributed by atoms with Crippen LogP contribution in [0.25, 0.3) is 0 Å². The van der Waals surface area contributed by atoms with Crippen LogP contribution >= 0.6 is 0 Å². The molecule has 0 aromatic heterocycles. The number of ether oxygens (including phenoxy) is 1. The van der Waals surface area contributed by atoms with Crippen molar-refractivity contribution in [3.8, 4) is 5.75 Å². The van der Waals surface area contributed by atoms with Crippen molar-refractivity contribution < 1.29 is 29.5 Å². The zero-order chi connectivity index (χ0) is 20.5. The van der Waals surface area contributed by atoms with Crippen molar-refractivity contribution in [3.63, 3.8) is 0 Å². The van der Waals surface area contributed by atoms with Crippen molar-refractivity contribution in [2.24, 2.45) is 0 Å². The van der Waals surface area contributed by atoms with Crippen LogP contribution in [0.4, 0.5) is 5.69 Å². The number of aliphatic carboxylic acids is 2. The standard InChI is InChI=1S/C15H14N2O3.C4H4O4/c18-17(19)12-5-7-13(8-6-12)20-15-10-16-9-11-3-1-2-4-14(11)15;5-3(6)1-2-4(7)8/h1-8,15-16H,9-10H2;1-2H,(H,5,6)(H,7,8)/b;2-1-. The summed E-state index contributed by atoms with van der Waals surface area (Å²) in [6, 6.07) is 14.3. The molecule has 0 amide bonds.